The highest BCUT2D eigenvalue weighted by Gasteiger charge is 2.23. The van der Waals surface area contributed by atoms with E-state index >= 15 is 0 Å². The molecule has 1 atom stereocenters. The normalized spacial score (nSPS) is 14.4. The number of carboxylic acid groups (broad SMARTS) is 1. The lowest BCUT2D eigenvalue weighted by molar-refractivity contribution is -0.134. The summed E-state index contributed by atoms with van der Waals surface area (Å²) in [5, 5.41) is 10.2. The van der Waals surface area contributed by atoms with Crippen molar-refractivity contribution in [3.63, 3.8) is 0 Å². The smallest absolute Gasteiger partial charge is 0.410 e. The summed E-state index contributed by atoms with van der Waals surface area (Å²) in [4.78, 5) is 33.6. The first-order valence-electron chi connectivity index (χ1n) is 10.4. The van der Waals surface area contributed by atoms with Crippen molar-refractivity contribution >= 4 is 18.0 Å². The molecule has 0 spiro atoms. The molecule has 1 aliphatic carbocycles. The molecule has 1 aliphatic rings. The standard InChI is InChI=1S/C22H25NO4.C2H4O2/c24-20(18-12-6-2-7-13-18)26-21(19-14-8-3-9-15-19)27-22(25)23-16-17-10-4-1-5-11-17;1-2(3)4/h2-3,6-9,12-15,17,21H,1,4-5,10-11,16H2,(H,23,25);1H3,(H,3,4). The summed E-state index contributed by atoms with van der Waals surface area (Å²) < 4.78 is 10.9. The fourth-order valence-electron chi connectivity index (χ4n) is 3.27. The minimum Gasteiger partial charge on any atom is -0.481 e. The van der Waals surface area contributed by atoms with Crippen molar-refractivity contribution in [2.45, 2.75) is 45.3 Å². The molecule has 2 N–H and O–H groups in total. The van der Waals surface area contributed by atoms with E-state index in [0.29, 0.717) is 23.6 Å². The summed E-state index contributed by atoms with van der Waals surface area (Å²) in [7, 11) is 0. The third-order valence-electron chi connectivity index (χ3n) is 4.77. The number of alkyl carbamates (subject to hydrolysis) is 1. The van der Waals surface area contributed by atoms with Crippen LogP contribution in [0.2, 0.25) is 0 Å². The molecule has 3 rings (SSSR count). The number of ether oxygens (including phenoxy) is 2. The van der Waals surface area contributed by atoms with Gasteiger partial charge < -0.3 is 19.9 Å². The highest BCUT2D eigenvalue weighted by atomic mass is 16.7. The number of rotatable bonds is 6. The Kier molecular flexibility index (Phi) is 10.1. The van der Waals surface area contributed by atoms with E-state index in [4.69, 9.17) is 19.4 Å². The molecular formula is C24H29NO6. The zero-order valence-corrected chi connectivity index (χ0v) is 17.7. The SMILES string of the molecule is CC(=O)O.O=C(NCC1CCCCC1)OC(OC(=O)c1ccccc1)c1ccccc1. The van der Waals surface area contributed by atoms with Crippen LogP contribution in [0.4, 0.5) is 4.79 Å². The molecule has 31 heavy (non-hydrogen) atoms. The number of esters is 1. The number of aliphatic carboxylic acids is 1. The number of amides is 1. The fraction of sp³-hybridized carbons (Fsp3) is 0.375. The summed E-state index contributed by atoms with van der Waals surface area (Å²) in [6.45, 7) is 1.67. The van der Waals surface area contributed by atoms with E-state index < -0.39 is 24.3 Å². The van der Waals surface area contributed by atoms with Crippen molar-refractivity contribution < 1.29 is 29.0 Å². The third kappa shape index (κ3) is 9.33. The molecule has 0 aliphatic heterocycles. The number of carbonyl (C=O) groups excluding carboxylic acids is 2. The van der Waals surface area contributed by atoms with E-state index in [1.807, 2.05) is 24.3 Å². The summed E-state index contributed by atoms with van der Waals surface area (Å²) in [5.41, 5.74) is 1.01. The number of nitrogens with one attached hydrogen (secondary N) is 1. The van der Waals surface area contributed by atoms with Gasteiger partial charge in [-0.2, -0.15) is 0 Å². The largest absolute Gasteiger partial charge is 0.481 e. The van der Waals surface area contributed by atoms with E-state index in [1.165, 1.54) is 19.3 Å². The molecule has 2 aromatic rings. The molecule has 7 heteroatoms. The predicted molar refractivity (Wildman–Crippen MR) is 115 cm³/mol. The number of hydrogen-bond donors (Lipinski definition) is 2. The topological polar surface area (TPSA) is 102 Å². The number of carbonyl (C=O) groups is 3. The second-order valence-corrected chi connectivity index (χ2v) is 7.32. The molecule has 2 aromatic carbocycles. The molecule has 0 heterocycles. The maximum absolute atomic E-state index is 12.4. The molecule has 0 saturated heterocycles. The lowest BCUT2D eigenvalue weighted by Gasteiger charge is -2.23. The Morgan fingerprint density at radius 1 is 0.935 bits per heavy atom. The van der Waals surface area contributed by atoms with E-state index in [-0.39, 0.29) is 0 Å². The lowest BCUT2D eigenvalue weighted by atomic mass is 9.89. The van der Waals surface area contributed by atoms with Gasteiger partial charge in [0.25, 0.3) is 12.3 Å². The highest BCUT2D eigenvalue weighted by Crippen LogP contribution is 2.24. The van der Waals surface area contributed by atoms with Gasteiger partial charge in [-0.3, -0.25) is 4.79 Å². The Bertz CT molecular complexity index is 814. The molecule has 0 aromatic heterocycles. The molecular weight excluding hydrogens is 398 g/mol. The molecule has 1 unspecified atom stereocenters. The zero-order valence-electron chi connectivity index (χ0n) is 17.7. The first kappa shape index (κ1) is 23.9. The second kappa shape index (κ2) is 13.1. The third-order valence-corrected chi connectivity index (χ3v) is 4.77. The van der Waals surface area contributed by atoms with Gasteiger partial charge in [0.05, 0.1) is 5.56 Å². The Labute approximate surface area is 182 Å². The van der Waals surface area contributed by atoms with Crippen LogP contribution in [0.1, 0.15) is 61.2 Å². The van der Waals surface area contributed by atoms with Crippen LogP contribution < -0.4 is 5.32 Å². The summed E-state index contributed by atoms with van der Waals surface area (Å²) >= 11 is 0. The average Bonchev–Trinajstić information content (AvgIpc) is 2.79. The highest BCUT2D eigenvalue weighted by molar-refractivity contribution is 5.89. The van der Waals surface area contributed by atoms with Gasteiger partial charge in [-0.1, -0.05) is 67.8 Å². The molecule has 1 saturated carbocycles. The Hall–Kier alpha value is -3.35. The van der Waals surface area contributed by atoms with Crippen molar-refractivity contribution in [3.05, 3.63) is 71.8 Å². The number of hydrogen-bond acceptors (Lipinski definition) is 5. The van der Waals surface area contributed by atoms with Crippen LogP contribution in [0.3, 0.4) is 0 Å². The molecule has 1 amide bonds. The van der Waals surface area contributed by atoms with E-state index in [9.17, 15) is 9.59 Å². The molecule has 1 fully saturated rings. The van der Waals surface area contributed by atoms with E-state index in [2.05, 4.69) is 5.32 Å². The minimum atomic E-state index is -1.09. The van der Waals surface area contributed by atoms with Crippen molar-refractivity contribution in [2.24, 2.45) is 5.92 Å². The maximum Gasteiger partial charge on any atom is 0.410 e. The van der Waals surface area contributed by atoms with Gasteiger partial charge in [-0.15, -0.1) is 0 Å². The summed E-state index contributed by atoms with van der Waals surface area (Å²) in [5.74, 6) is -0.877. The van der Waals surface area contributed by atoms with Gasteiger partial charge in [0.15, 0.2) is 0 Å². The fourth-order valence-corrected chi connectivity index (χ4v) is 3.27. The first-order valence-corrected chi connectivity index (χ1v) is 10.4. The second-order valence-electron chi connectivity index (χ2n) is 7.32. The maximum atomic E-state index is 12.4. The van der Waals surface area contributed by atoms with Crippen molar-refractivity contribution in [1.29, 1.82) is 0 Å². The lowest BCUT2D eigenvalue weighted by Crippen LogP contribution is -2.32. The molecule has 0 radical (unpaired) electrons. The van der Waals surface area contributed by atoms with E-state index in [1.54, 1.807) is 36.4 Å². The molecule has 166 valence electrons. The monoisotopic (exact) mass is 427 g/mol. The van der Waals surface area contributed by atoms with Gasteiger partial charge in [-0.05, 0) is 30.9 Å². The van der Waals surface area contributed by atoms with Crippen LogP contribution in [0.5, 0.6) is 0 Å². The zero-order chi connectivity index (χ0) is 22.5. The molecule has 7 nitrogen and oxygen atoms in total. The minimum absolute atomic E-state index is 0.407. The summed E-state index contributed by atoms with van der Waals surface area (Å²) in [6, 6.07) is 17.6. The van der Waals surface area contributed by atoms with Crippen molar-refractivity contribution in [1.82, 2.24) is 5.32 Å². The van der Waals surface area contributed by atoms with Crippen molar-refractivity contribution in [2.75, 3.05) is 6.54 Å². The number of benzene rings is 2. The van der Waals surface area contributed by atoms with Gasteiger partial charge in [0.2, 0.25) is 0 Å². The van der Waals surface area contributed by atoms with Gasteiger partial charge in [-0.25, -0.2) is 9.59 Å². The van der Waals surface area contributed by atoms with Gasteiger partial charge in [0.1, 0.15) is 0 Å². The predicted octanol–water partition coefficient (Wildman–Crippen LogP) is 4.94. The van der Waals surface area contributed by atoms with Gasteiger partial charge in [0, 0.05) is 19.0 Å². The van der Waals surface area contributed by atoms with Crippen LogP contribution >= 0.6 is 0 Å². The Morgan fingerprint density at radius 2 is 1.48 bits per heavy atom. The van der Waals surface area contributed by atoms with Crippen LogP contribution in [0.25, 0.3) is 0 Å². The quantitative estimate of drug-likeness (QED) is 0.500. The Morgan fingerprint density at radius 3 is 2.06 bits per heavy atom. The van der Waals surface area contributed by atoms with Crippen LogP contribution in [0.15, 0.2) is 60.7 Å². The number of carboxylic acids is 1. The van der Waals surface area contributed by atoms with Crippen LogP contribution in [0, 0.1) is 5.92 Å². The van der Waals surface area contributed by atoms with Gasteiger partial charge >= 0.3 is 12.1 Å². The van der Waals surface area contributed by atoms with Crippen molar-refractivity contribution in [3.8, 4) is 0 Å². The molecule has 0 bridgehead atoms. The van der Waals surface area contributed by atoms with Crippen LogP contribution in [-0.4, -0.2) is 29.7 Å². The first-order chi connectivity index (χ1) is 15.0. The van der Waals surface area contributed by atoms with E-state index in [0.717, 1.165) is 19.8 Å². The Balaban J connectivity index is 0.000000785. The summed E-state index contributed by atoms with van der Waals surface area (Å²) in [6.07, 6.45) is 4.29. The van der Waals surface area contributed by atoms with Crippen LogP contribution in [-0.2, 0) is 14.3 Å². The average molecular weight is 427 g/mol.